The second-order valence-corrected chi connectivity index (χ2v) is 4.59. The van der Waals surface area contributed by atoms with Crippen LogP contribution >= 0.6 is 23.1 Å². The van der Waals surface area contributed by atoms with Gasteiger partial charge in [0.05, 0.1) is 16.8 Å². The molecule has 3 N–H and O–H groups in total. The molecule has 2 heterocycles. The van der Waals surface area contributed by atoms with Gasteiger partial charge < -0.3 is 10.8 Å². The molecule has 0 aliphatic rings. The van der Waals surface area contributed by atoms with Crippen LogP contribution in [0, 0.1) is 0 Å². The fourth-order valence-electron chi connectivity index (χ4n) is 1.09. The first kappa shape index (κ1) is 9.70. The van der Waals surface area contributed by atoms with Gasteiger partial charge >= 0.3 is 0 Å². The first-order valence-corrected chi connectivity index (χ1v) is 5.92. The molecule has 6 heteroatoms. The van der Waals surface area contributed by atoms with Gasteiger partial charge in [-0.2, -0.15) is 0 Å². The molecule has 0 saturated heterocycles. The maximum atomic E-state index is 8.73. The fourth-order valence-corrected chi connectivity index (χ4v) is 2.81. The normalized spacial score (nSPS) is 10.9. The number of aliphatic hydroxyl groups is 1. The van der Waals surface area contributed by atoms with Crippen LogP contribution in [0.2, 0.25) is 0 Å². The highest BCUT2D eigenvalue weighted by Crippen LogP contribution is 2.29. The van der Waals surface area contributed by atoms with Crippen LogP contribution in [0.15, 0.2) is 16.5 Å². The predicted octanol–water partition coefficient (Wildman–Crippen LogP) is 1.36. The van der Waals surface area contributed by atoms with E-state index in [2.05, 4.69) is 9.97 Å². The highest BCUT2D eigenvalue weighted by atomic mass is 32.2. The maximum Gasteiger partial charge on any atom is 0.221 e. The molecule has 4 nitrogen and oxygen atoms in total. The number of anilines is 1. The van der Waals surface area contributed by atoms with E-state index in [9.17, 15) is 0 Å². The summed E-state index contributed by atoms with van der Waals surface area (Å²) >= 11 is 3.09. The minimum atomic E-state index is 0.140. The topological polar surface area (TPSA) is 72.0 Å². The van der Waals surface area contributed by atoms with Crippen LogP contribution in [0.4, 0.5) is 5.95 Å². The van der Waals surface area contributed by atoms with Crippen LogP contribution in [0.3, 0.4) is 0 Å². The maximum absolute atomic E-state index is 8.73. The Kier molecular flexibility index (Phi) is 2.85. The van der Waals surface area contributed by atoms with Crippen LogP contribution in [-0.2, 0) is 0 Å². The van der Waals surface area contributed by atoms with Gasteiger partial charge in [0.2, 0.25) is 5.95 Å². The van der Waals surface area contributed by atoms with E-state index in [1.54, 1.807) is 11.3 Å². The lowest BCUT2D eigenvalue weighted by Gasteiger charge is -2.01. The third kappa shape index (κ3) is 1.82. The monoisotopic (exact) mass is 227 g/mol. The lowest BCUT2D eigenvalue weighted by Crippen LogP contribution is -1.96. The van der Waals surface area contributed by atoms with E-state index in [1.807, 2.05) is 11.4 Å². The molecule has 2 rings (SSSR count). The summed E-state index contributed by atoms with van der Waals surface area (Å²) in [6.07, 6.45) is 0. The Hall–Kier alpha value is -0.850. The van der Waals surface area contributed by atoms with Crippen LogP contribution in [0.5, 0.6) is 0 Å². The van der Waals surface area contributed by atoms with Crippen molar-refractivity contribution in [3.8, 4) is 0 Å². The Labute approximate surface area is 89.2 Å². The summed E-state index contributed by atoms with van der Waals surface area (Å²) < 4.78 is 1.04. The van der Waals surface area contributed by atoms with Crippen molar-refractivity contribution in [2.45, 2.75) is 5.03 Å². The first-order valence-electron chi connectivity index (χ1n) is 4.05. The lowest BCUT2D eigenvalue weighted by atomic mass is 10.5. The van der Waals surface area contributed by atoms with E-state index < -0.39 is 0 Å². The number of thioether (sulfide) groups is 1. The number of aliphatic hydroxyl groups excluding tert-OH is 1. The summed E-state index contributed by atoms with van der Waals surface area (Å²) in [5.41, 5.74) is 6.44. The van der Waals surface area contributed by atoms with E-state index in [-0.39, 0.29) is 12.6 Å². The van der Waals surface area contributed by atoms with Crippen molar-refractivity contribution < 1.29 is 5.11 Å². The summed E-state index contributed by atoms with van der Waals surface area (Å²) in [6.45, 7) is 0.140. The van der Waals surface area contributed by atoms with Gasteiger partial charge in [-0.05, 0) is 11.4 Å². The molecule has 0 saturated carbocycles. The summed E-state index contributed by atoms with van der Waals surface area (Å²) in [5.74, 6) is 0.917. The minimum absolute atomic E-state index is 0.140. The molecule has 0 fully saturated rings. The molecular weight excluding hydrogens is 218 g/mol. The molecule has 0 bridgehead atoms. The van der Waals surface area contributed by atoms with Crippen molar-refractivity contribution in [1.29, 1.82) is 0 Å². The number of thiophene rings is 1. The number of rotatable bonds is 3. The standard InChI is InChI=1S/C8H9N3OS2/c9-8-10-5-1-3-13-6(5)7(11-8)14-4-2-12/h1,3,12H,2,4H2,(H2,9,10,11). The summed E-state index contributed by atoms with van der Waals surface area (Å²) in [5, 5.41) is 11.5. The van der Waals surface area contributed by atoms with Gasteiger partial charge in [0.1, 0.15) is 5.03 Å². The van der Waals surface area contributed by atoms with Gasteiger partial charge in [-0.3, -0.25) is 0 Å². The van der Waals surface area contributed by atoms with Gasteiger partial charge in [0.15, 0.2) is 0 Å². The number of hydrogen-bond donors (Lipinski definition) is 2. The van der Waals surface area contributed by atoms with Gasteiger partial charge in [-0.25, -0.2) is 9.97 Å². The smallest absolute Gasteiger partial charge is 0.221 e. The number of nitrogens with zero attached hydrogens (tertiary/aromatic N) is 2. The molecule has 0 aliphatic carbocycles. The summed E-state index contributed by atoms with van der Waals surface area (Å²) in [6, 6.07) is 1.92. The Bertz CT molecular complexity index is 443. The number of nitrogens with two attached hydrogens (primary N) is 1. The van der Waals surface area contributed by atoms with Crippen molar-refractivity contribution in [2.24, 2.45) is 0 Å². The van der Waals surface area contributed by atoms with Crippen LogP contribution < -0.4 is 5.73 Å². The molecule has 2 aromatic heterocycles. The zero-order valence-corrected chi connectivity index (χ0v) is 8.94. The van der Waals surface area contributed by atoms with Gasteiger partial charge in [-0.1, -0.05) is 0 Å². The highest BCUT2D eigenvalue weighted by Gasteiger charge is 2.07. The van der Waals surface area contributed by atoms with Crippen molar-refractivity contribution in [2.75, 3.05) is 18.1 Å². The molecule has 0 amide bonds. The number of aromatic nitrogens is 2. The molecule has 14 heavy (non-hydrogen) atoms. The Morgan fingerprint density at radius 2 is 2.36 bits per heavy atom. The minimum Gasteiger partial charge on any atom is -0.396 e. The van der Waals surface area contributed by atoms with E-state index in [1.165, 1.54) is 11.8 Å². The van der Waals surface area contributed by atoms with Crippen molar-refractivity contribution in [1.82, 2.24) is 9.97 Å². The molecule has 0 aliphatic heterocycles. The largest absolute Gasteiger partial charge is 0.396 e. The lowest BCUT2D eigenvalue weighted by molar-refractivity contribution is 0.322. The van der Waals surface area contributed by atoms with Gasteiger partial charge in [-0.15, -0.1) is 23.1 Å². The number of nitrogen functional groups attached to an aromatic ring is 1. The fraction of sp³-hybridized carbons (Fsp3) is 0.250. The van der Waals surface area contributed by atoms with E-state index in [4.69, 9.17) is 10.8 Å². The highest BCUT2D eigenvalue weighted by molar-refractivity contribution is 7.99. The van der Waals surface area contributed by atoms with Crippen molar-refractivity contribution in [3.05, 3.63) is 11.4 Å². The molecule has 2 aromatic rings. The molecule has 74 valence electrons. The second kappa shape index (κ2) is 4.12. The van der Waals surface area contributed by atoms with Crippen LogP contribution in [0.25, 0.3) is 10.2 Å². The third-order valence-corrected chi connectivity index (χ3v) is 3.61. The molecule has 0 unspecified atom stereocenters. The number of fused-ring (bicyclic) bond motifs is 1. The van der Waals surface area contributed by atoms with E-state index in [0.717, 1.165) is 15.2 Å². The third-order valence-electron chi connectivity index (χ3n) is 1.62. The van der Waals surface area contributed by atoms with Crippen LogP contribution in [-0.4, -0.2) is 27.4 Å². The molecule has 0 aromatic carbocycles. The quantitative estimate of drug-likeness (QED) is 0.612. The molecule has 0 spiro atoms. The van der Waals surface area contributed by atoms with Gasteiger partial charge in [0.25, 0.3) is 0 Å². The van der Waals surface area contributed by atoms with E-state index >= 15 is 0 Å². The molecule has 0 radical (unpaired) electrons. The Balaban J connectivity index is 2.44. The predicted molar refractivity (Wildman–Crippen MR) is 59.6 cm³/mol. The summed E-state index contributed by atoms with van der Waals surface area (Å²) in [7, 11) is 0. The van der Waals surface area contributed by atoms with Crippen molar-refractivity contribution >= 4 is 39.3 Å². The molecular formula is C8H9N3OS2. The zero-order valence-electron chi connectivity index (χ0n) is 7.30. The SMILES string of the molecule is Nc1nc(SCCO)c2sccc2n1. The zero-order chi connectivity index (χ0) is 9.97. The average molecular weight is 227 g/mol. The van der Waals surface area contributed by atoms with Crippen LogP contribution in [0.1, 0.15) is 0 Å². The van der Waals surface area contributed by atoms with Gasteiger partial charge in [0, 0.05) is 5.75 Å². The van der Waals surface area contributed by atoms with Crippen molar-refractivity contribution in [3.63, 3.8) is 0 Å². The molecule has 0 atom stereocenters. The number of hydrogen-bond acceptors (Lipinski definition) is 6. The van der Waals surface area contributed by atoms with E-state index in [0.29, 0.717) is 5.75 Å². The first-order chi connectivity index (χ1) is 6.81. The Morgan fingerprint density at radius 3 is 3.14 bits per heavy atom. The summed E-state index contributed by atoms with van der Waals surface area (Å²) in [4.78, 5) is 8.25. The average Bonchev–Trinajstić information content (AvgIpc) is 2.61. The second-order valence-electron chi connectivity index (χ2n) is 2.59. The Morgan fingerprint density at radius 1 is 1.50 bits per heavy atom.